The van der Waals surface area contributed by atoms with Crippen molar-refractivity contribution in [1.82, 2.24) is 5.32 Å². The summed E-state index contributed by atoms with van der Waals surface area (Å²) < 4.78 is 0. The number of benzene rings is 2. The standard InChI is InChI=1S/C17H20N2/c1-14-7-9-16(10-8-14)19(17-11-18-12-17)13-15-5-3-2-4-6-15/h2-10,17-18H,11-13H2,1H3. The van der Waals surface area contributed by atoms with E-state index in [2.05, 4.69) is 71.7 Å². The molecule has 0 atom stereocenters. The largest absolute Gasteiger partial charge is 0.362 e. The normalized spacial score (nSPS) is 15.0. The van der Waals surface area contributed by atoms with Gasteiger partial charge in [0.1, 0.15) is 0 Å². The summed E-state index contributed by atoms with van der Waals surface area (Å²) in [5.41, 5.74) is 4.01. The van der Waals surface area contributed by atoms with Crippen molar-refractivity contribution in [2.24, 2.45) is 0 Å². The molecule has 1 fully saturated rings. The molecule has 1 aliphatic heterocycles. The third-order valence-electron chi connectivity index (χ3n) is 3.76. The average molecular weight is 252 g/mol. The van der Waals surface area contributed by atoms with Crippen molar-refractivity contribution in [3.63, 3.8) is 0 Å². The SMILES string of the molecule is Cc1ccc(N(Cc2ccccc2)C2CNC2)cc1. The molecule has 1 saturated heterocycles. The highest BCUT2D eigenvalue weighted by Gasteiger charge is 2.24. The first-order valence-corrected chi connectivity index (χ1v) is 6.91. The van der Waals surface area contributed by atoms with E-state index in [9.17, 15) is 0 Å². The summed E-state index contributed by atoms with van der Waals surface area (Å²) in [6, 6.07) is 20.2. The van der Waals surface area contributed by atoms with Gasteiger partial charge >= 0.3 is 0 Å². The first-order chi connectivity index (χ1) is 9.33. The van der Waals surface area contributed by atoms with Crippen LogP contribution >= 0.6 is 0 Å². The van der Waals surface area contributed by atoms with Crippen LogP contribution in [0.4, 0.5) is 5.69 Å². The molecule has 0 aliphatic carbocycles. The van der Waals surface area contributed by atoms with Gasteiger partial charge in [-0.1, -0.05) is 48.0 Å². The number of hydrogen-bond donors (Lipinski definition) is 1. The van der Waals surface area contributed by atoms with Gasteiger partial charge in [-0.3, -0.25) is 0 Å². The van der Waals surface area contributed by atoms with E-state index in [1.807, 2.05) is 0 Å². The number of nitrogens with one attached hydrogen (secondary N) is 1. The topological polar surface area (TPSA) is 15.3 Å². The van der Waals surface area contributed by atoms with E-state index >= 15 is 0 Å². The van der Waals surface area contributed by atoms with Crippen LogP contribution in [0.15, 0.2) is 54.6 Å². The summed E-state index contributed by atoms with van der Waals surface area (Å²) in [7, 11) is 0. The van der Waals surface area contributed by atoms with E-state index in [0.29, 0.717) is 6.04 Å². The molecule has 3 rings (SSSR count). The monoisotopic (exact) mass is 252 g/mol. The highest BCUT2D eigenvalue weighted by Crippen LogP contribution is 2.22. The molecule has 19 heavy (non-hydrogen) atoms. The number of nitrogens with zero attached hydrogens (tertiary/aromatic N) is 1. The van der Waals surface area contributed by atoms with Gasteiger partial charge in [0.05, 0.1) is 6.04 Å². The maximum Gasteiger partial charge on any atom is 0.0542 e. The molecule has 1 N–H and O–H groups in total. The Morgan fingerprint density at radius 1 is 1.00 bits per heavy atom. The van der Waals surface area contributed by atoms with E-state index in [-0.39, 0.29) is 0 Å². The van der Waals surface area contributed by atoms with Crippen molar-refractivity contribution < 1.29 is 0 Å². The van der Waals surface area contributed by atoms with Crippen LogP contribution in [0.1, 0.15) is 11.1 Å². The lowest BCUT2D eigenvalue weighted by Crippen LogP contribution is -2.57. The van der Waals surface area contributed by atoms with Gasteiger partial charge in [0.15, 0.2) is 0 Å². The van der Waals surface area contributed by atoms with Crippen LogP contribution in [0.25, 0.3) is 0 Å². The molecular formula is C17H20N2. The zero-order valence-corrected chi connectivity index (χ0v) is 11.3. The molecule has 1 aliphatic rings. The second kappa shape index (κ2) is 5.45. The molecule has 2 aromatic carbocycles. The molecule has 2 aromatic rings. The van der Waals surface area contributed by atoms with Crippen LogP contribution in [0.5, 0.6) is 0 Å². The zero-order chi connectivity index (χ0) is 13.1. The smallest absolute Gasteiger partial charge is 0.0542 e. The number of rotatable bonds is 4. The highest BCUT2D eigenvalue weighted by molar-refractivity contribution is 5.50. The first kappa shape index (κ1) is 12.2. The van der Waals surface area contributed by atoms with Gasteiger partial charge in [-0.2, -0.15) is 0 Å². The van der Waals surface area contributed by atoms with Crippen LogP contribution in [0.3, 0.4) is 0 Å². The summed E-state index contributed by atoms with van der Waals surface area (Å²) in [6.07, 6.45) is 0. The van der Waals surface area contributed by atoms with Crippen molar-refractivity contribution in [2.45, 2.75) is 19.5 Å². The predicted octanol–water partition coefficient (Wildman–Crippen LogP) is 2.97. The van der Waals surface area contributed by atoms with Crippen LogP contribution in [0, 0.1) is 6.92 Å². The Morgan fingerprint density at radius 2 is 1.68 bits per heavy atom. The fourth-order valence-corrected chi connectivity index (χ4v) is 2.44. The van der Waals surface area contributed by atoms with Gasteiger partial charge in [-0.25, -0.2) is 0 Å². The van der Waals surface area contributed by atoms with Gasteiger partial charge in [-0.15, -0.1) is 0 Å². The van der Waals surface area contributed by atoms with Crippen LogP contribution in [-0.2, 0) is 6.54 Å². The van der Waals surface area contributed by atoms with Gasteiger partial charge in [-0.05, 0) is 24.6 Å². The molecule has 0 saturated carbocycles. The van der Waals surface area contributed by atoms with E-state index in [4.69, 9.17) is 0 Å². The molecule has 0 unspecified atom stereocenters. The summed E-state index contributed by atoms with van der Waals surface area (Å²) in [6.45, 7) is 5.29. The predicted molar refractivity (Wildman–Crippen MR) is 80.5 cm³/mol. The van der Waals surface area contributed by atoms with Gasteiger partial charge < -0.3 is 10.2 Å². The van der Waals surface area contributed by atoms with Crippen LogP contribution in [0.2, 0.25) is 0 Å². The van der Waals surface area contributed by atoms with Crippen molar-refractivity contribution >= 4 is 5.69 Å². The Balaban J connectivity index is 1.83. The molecule has 0 radical (unpaired) electrons. The molecule has 0 aromatic heterocycles. The summed E-state index contributed by atoms with van der Waals surface area (Å²) >= 11 is 0. The second-order valence-corrected chi connectivity index (χ2v) is 5.26. The van der Waals surface area contributed by atoms with Gasteiger partial charge in [0, 0.05) is 25.3 Å². The molecule has 98 valence electrons. The first-order valence-electron chi connectivity index (χ1n) is 6.91. The third-order valence-corrected chi connectivity index (χ3v) is 3.76. The minimum atomic E-state index is 0.614. The van der Waals surface area contributed by atoms with E-state index in [1.54, 1.807) is 0 Å². The van der Waals surface area contributed by atoms with Crippen LogP contribution < -0.4 is 10.2 Å². The van der Waals surface area contributed by atoms with Crippen LogP contribution in [-0.4, -0.2) is 19.1 Å². The fourth-order valence-electron chi connectivity index (χ4n) is 2.44. The van der Waals surface area contributed by atoms with E-state index < -0.39 is 0 Å². The maximum atomic E-state index is 3.37. The summed E-state index contributed by atoms with van der Waals surface area (Å²) in [4.78, 5) is 2.51. The Hall–Kier alpha value is -1.80. The van der Waals surface area contributed by atoms with E-state index in [0.717, 1.165) is 19.6 Å². The minimum absolute atomic E-state index is 0.614. The lowest BCUT2D eigenvalue weighted by Gasteiger charge is -2.40. The number of hydrogen-bond acceptors (Lipinski definition) is 2. The molecule has 2 nitrogen and oxygen atoms in total. The fraction of sp³-hybridized carbons (Fsp3) is 0.294. The lowest BCUT2D eigenvalue weighted by atomic mass is 10.1. The molecule has 2 heteroatoms. The summed E-state index contributed by atoms with van der Waals surface area (Å²) in [5.74, 6) is 0. The molecule has 1 heterocycles. The average Bonchev–Trinajstić information content (AvgIpc) is 2.38. The van der Waals surface area contributed by atoms with Gasteiger partial charge in [0.25, 0.3) is 0 Å². The van der Waals surface area contributed by atoms with Crippen molar-refractivity contribution in [3.05, 3.63) is 65.7 Å². The second-order valence-electron chi connectivity index (χ2n) is 5.26. The lowest BCUT2D eigenvalue weighted by molar-refractivity contribution is 0.411. The Morgan fingerprint density at radius 3 is 2.26 bits per heavy atom. The zero-order valence-electron chi connectivity index (χ0n) is 11.3. The third kappa shape index (κ3) is 2.79. The minimum Gasteiger partial charge on any atom is -0.362 e. The Labute approximate surface area is 115 Å². The number of aryl methyl sites for hydroxylation is 1. The van der Waals surface area contributed by atoms with Crippen molar-refractivity contribution in [3.8, 4) is 0 Å². The van der Waals surface area contributed by atoms with E-state index in [1.165, 1.54) is 16.8 Å². The van der Waals surface area contributed by atoms with Crippen molar-refractivity contribution in [1.29, 1.82) is 0 Å². The Bertz CT molecular complexity index is 515. The molecule has 0 amide bonds. The molecular weight excluding hydrogens is 232 g/mol. The number of anilines is 1. The van der Waals surface area contributed by atoms with Crippen molar-refractivity contribution in [2.75, 3.05) is 18.0 Å². The highest BCUT2D eigenvalue weighted by atomic mass is 15.2. The van der Waals surface area contributed by atoms with Gasteiger partial charge in [0.2, 0.25) is 0 Å². The maximum absolute atomic E-state index is 3.37. The molecule has 0 bridgehead atoms. The molecule has 0 spiro atoms. The summed E-state index contributed by atoms with van der Waals surface area (Å²) in [5, 5.41) is 3.37. The Kier molecular flexibility index (Phi) is 3.51. The quantitative estimate of drug-likeness (QED) is 0.900.